The summed E-state index contributed by atoms with van der Waals surface area (Å²) < 4.78 is 49.2. The molecule has 0 spiro atoms. The van der Waals surface area contributed by atoms with E-state index in [1.807, 2.05) is 22.6 Å². The molecule has 0 radical (unpaired) electrons. The number of likely N-dealkylation sites (tertiary alicyclic amines) is 1. The van der Waals surface area contributed by atoms with Crippen LogP contribution in [-0.4, -0.2) is 48.1 Å². The molecule has 1 amide bonds. The first-order valence-electron chi connectivity index (χ1n) is 10.7. The average molecular weight is 585 g/mol. The summed E-state index contributed by atoms with van der Waals surface area (Å²) in [5, 5.41) is 5.89. The van der Waals surface area contributed by atoms with Crippen LogP contribution >= 0.6 is 22.6 Å². The van der Waals surface area contributed by atoms with Crippen molar-refractivity contribution in [2.24, 2.45) is 0 Å². The van der Waals surface area contributed by atoms with Crippen LogP contribution in [0.5, 0.6) is 0 Å². The Hall–Kier alpha value is -2.60. The fraction of sp³-hybridized carbons (Fsp3) is 0.333. The smallest absolute Gasteiger partial charge is 0.303 e. The summed E-state index contributed by atoms with van der Waals surface area (Å²) in [5.41, 5.74) is -1.60. The number of esters is 1. The predicted molar refractivity (Wildman–Crippen MR) is 129 cm³/mol. The summed E-state index contributed by atoms with van der Waals surface area (Å²) in [6, 6.07) is 6.46. The Bertz CT molecular complexity index is 1140. The molecule has 0 aromatic heterocycles. The summed E-state index contributed by atoms with van der Waals surface area (Å²) in [7, 11) is 0. The molecule has 1 aliphatic heterocycles. The number of nitrogens with one attached hydrogen (secondary N) is 2. The molecule has 1 aliphatic carbocycles. The van der Waals surface area contributed by atoms with E-state index in [0.29, 0.717) is 10.1 Å². The number of hydrogen-bond donors (Lipinski definition) is 2. The third-order valence-electron chi connectivity index (χ3n) is 5.84. The molecule has 2 aliphatic rings. The largest absolute Gasteiger partial charge is 0.454 e. The number of carbonyl (C=O) groups is 2. The maximum atomic E-state index is 14.7. The van der Waals surface area contributed by atoms with Crippen LogP contribution in [0.15, 0.2) is 42.5 Å². The number of halogens is 4. The summed E-state index contributed by atoms with van der Waals surface area (Å²) in [6.07, 6.45) is 5.89. The number of benzene rings is 2. The Kier molecular flexibility index (Phi) is 7.17. The number of ether oxygens (including phenoxy) is 1. The molecule has 34 heavy (non-hydrogen) atoms. The SMILES string of the molecule is CC(=O)OC1(CNC2CC=CC2)CN(C(=O)c2ccc(F)c(F)c2Nc2ccc(I)cc2F)C1. The lowest BCUT2D eigenvalue weighted by atomic mass is 9.91. The van der Waals surface area contributed by atoms with Crippen molar-refractivity contribution in [1.82, 2.24) is 10.2 Å². The summed E-state index contributed by atoms with van der Waals surface area (Å²) in [6.45, 7) is 1.85. The zero-order valence-corrected chi connectivity index (χ0v) is 20.5. The molecular formula is C24H23F3IN3O3. The van der Waals surface area contributed by atoms with Crippen molar-refractivity contribution in [1.29, 1.82) is 0 Å². The van der Waals surface area contributed by atoms with Gasteiger partial charge in [0.2, 0.25) is 0 Å². The van der Waals surface area contributed by atoms with Crippen molar-refractivity contribution < 1.29 is 27.5 Å². The zero-order chi connectivity index (χ0) is 24.5. The Morgan fingerprint density at radius 2 is 1.82 bits per heavy atom. The molecule has 1 heterocycles. The van der Waals surface area contributed by atoms with Gasteiger partial charge in [-0.2, -0.15) is 0 Å². The lowest BCUT2D eigenvalue weighted by molar-refractivity contribution is -0.172. The van der Waals surface area contributed by atoms with E-state index in [-0.39, 0.29) is 30.4 Å². The van der Waals surface area contributed by atoms with Gasteiger partial charge in [-0.15, -0.1) is 0 Å². The van der Waals surface area contributed by atoms with Crippen molar-refractivity contribution in [2.75, 3.05) is 25.0 Å². The van der Waals surface area contributed by atoms with Gasteiger partial charge in [-0.3, -0.25) is 9.59 Å². The molecule has 0 unspecified atom stereocenters. The summed E-state index contributed by atoms with van der Waals surface area (Å²) in [4.78, 5) is 26.3. The second-order valence-corrected chi connectivity index (χ2v) is 9.74. The monoisotopic (exact) mass is 585 g/mol. The molecule has 6 nitrogen and oxygen atoms in total. The van der Waals surface area contributed by atoms with Crippen LogP contribution in [0.4, 0.5) is 24.5 Å². The lowest BCUT2D eigenvalue weighted by Crippen LogP contribution is -2.69. The van der Waals surface area contributed by atoms with Gasteiger partial charge in [0.05, 0.1) is 30.0 Å². The highest BCUT2D eigenvalue weighted by Gasteiger charge is 2.49. The van der Waals surface area contributed by atoms with Crippen LogP contribution in [0.3, 0.4) is 0 Å². The van der Waals surface area contributed by atoms with E-state index < -0.39 is 40.6 Å². The van der Waals surface area contributed by atoms with Gasteiger partial charge in [-0.25, -0.2) is 13.2 Å². The highest BCUT2D eigenvalue weighted by Crippen LogP contribution is 2.33. The molecule has 10 heteroatoms. The maximum absolute atomic E-state index is 14.7. The Labute approximate surface area is 208 Å². The van der Waals surface area contributed by atoms with Gasteiger partial charge in [0.25, 0.3) is 5.91 Å². The van der Waals surface area contributed by atoms with Gasteiger partial charge < -0.3 is 20.3 Å². The van der Waals surface area contributed by atoms with Crippen LogP contribution in [0.2, 0.25) is 0 Å². The first-order valence-corrected chi connectivity index (χ1v) is 11.8. The summed E-state index contributed by atoms with van der Waals surface area (Å²) >= 11 is 1.93. The Morgan fingerprint density at radius 1 is 1.12 bits per heavy atom. The van der Waals surface area contributed by atoms with Gasteiger partial charge >= 0.3 is 5.97 Å². The first-order chi connectivity index (χ1) is 16.2. The van der Waals surface area contributed by atoms with Crippen molar-refractivity contribution in [3.8, 4) is 0 Å². The van der Waals surface area contributed by atoms with Crippen LogP contribution in [0.25, 0.3) is 0 Å². The molecule has 180 valence electrons. The number of amides is 1. The number of hydrogen-bond acceptors (Lipinski definition) is 5. The molecule has 2 aromatic carbocycles. The summed E-state index contributed by atoms with van der Waals surface area (Å²) in [5.74, 6) is -4.18. The zero-order valence-electron chi connectivity index (χ0n) is 18.3. The molecule has 1 saturated heterocycles. The van der Waals surface area contributed by atoms with E-state index in [2.05, 4.69) is 22.8 Å². The van der Waals surface area contributed by atoms with Crippen LogP contribution in [-0.2, 0) is 9.53 Å². The van der Waals surface area contributed by atoms with Crippen LogP contribution < -0.4 is 10.6 Å². The maximum Gasteiger partial charge on any atom is 0.303 e. The molecule has 0 bridgehead atoms. The molecule has 0 saturated carbocycles. The fourth-order valence-electron chi connectivity index (χ4n) is 4.17. The second kappa shape index (κ2) is 9.95. The average Bonchev–Trinajstić information content (AvgIpc) is 3.27. The van der Waals surface area contributed by atoms with Crippen LogP contribution in [0, 0.1) is 21.0 Å². The second-order valence-electron chi connectivity index (χ2n) is 8.49. The van der Waals surface area contributed by atoms with Crippen LogP contribution in [0.1, 0.15) is 30.1 Å². The highest BCUT2D eigenvalue weighted by molar-refractivity contribution is 14.1. The van der Waals surface area contributed by atoms with Gasteiger partial charge in [-0.1, -0.05) is 12.2 Å². The minimum absolute atomic E-state index is 0.0915. The lowest BCUT2D eigenvalue weighted by Gasteiger charge is -2.49. The third kappa shape index (κ3) is 5.22. The fourth-order valence-corrected chi connectivity index (χ4v) is 4.62. The third-order valence-corrected chi connectivity index (χ3v) is 6.51. The van der Waals surface area contributed by atoms with E-state index in [9.17, 15) is 22.8 Å². The van der Waals surface area contributed by atoms with Crippen molar-refractivity contribution in [3.05, 3.63) is 69.1 Å². The van der Waals surface area contributed by atoms with E-state index in [1.54, 1.807) is 6.07 Å². The molecule has 2 N–H and O–H groups in total. The minimum atomic E-state index is -1.29. The molecule has 2 aromatic rings. The normalized spacial score (nSPS) is 16.9. The van der Waals surface area contributed by atoms with E-state index in [1.165, 1.54) is 24.0 Å². The number of nitrogens with zero attached hydrogens (tertiary/aromatic N) is 1. The quantitative estimate of drug-likeness (QED) is 0.284. The Morgan fingerprint density at radius 3 is 2.47 bits per heavy atom. The van der Waals surface area contributed by atoms with Crippen molar-refractivity contribution in [3.63, 3.8) is 0 Å². The molecule has 4 rings (SSSR count). The van der Waals surface area contributed by atoms with Gasteiger partial charge in [0.15, 0.2) is 17.2 Å². The Balaban J connectivity index is 1.53. The standard InChI is InChI=1S/C24H23F3IN3O3/c1-14(32)34-24(11-29-16-4-2-3-5-16)12-31(13-24)23(33)17-7-8-18(25)21(27)22(17)30-20-9-6-15(28)10-19(20)26/h2-3,6-10,16,29-30H,4-5,11-13H2,1H3. The van der Waals surface area contributed by atoms with Gasteiger partial charge in [0, 0.05) is 23.1 Å². The molecular weight excluding hydrogens is 562 g/mol. The van der Waals surface area contributed by atoms with Crippen molar-refractivity contribution >= 4 is 45.8 Å². The molecule has 0 atom stereocenters. The number of anilines is 2. The minimum Gasteiger partial charge on any atom is -0.454 e. The van der Waals surface area contributed by atoms with Gasteiger partial charge in [-0.05, 0) is 65.8 Å². The van der Waals surface area contributed by atoms with E-state index in [0.717, 1.165) is 25.0 Å². The number of rotatable bonds is 7. The van der Waals surface area contributed by atoms with E-state index in [4.69, 9.17) is 4.74 Å². The topological polar surface area (TPSA) is 70.7 Å². The van der Waals surface area contributed by atoms with Crippen molar-refractivity contribution in [2.45, 2.75) is 31.4 Å². The number of carbonyl (C=O) groups excluding carboxylic acids is 2. The van der Waals surface area contributed by atoms with E-state index >= 15 is 0 Å². The van der Waals surface area contributed by atoms with Gasteiger partial charge in [0.1, 0.15) is 5.82 Å². The molecule has 1 fully saturated rings. The predicted octanol–water partition coefficient (Wildman–Crippen LogP) is 4.52. The first kappa shape index (κ1) is 24.5. The highest BCUT2D eigenvalue weighted by atomic mass is 127.